The number of hydrogen-bond donors (Lipinski definition) is 4. The van der Waals surface area contributed by atoms with Gasteiger partial charge in [-0.2, -0.15) is 0 Å². The van der Waals surface area contributed by atoms with Gasteiger partial charge in [-0.1, -0.05) is 170 Å². The molecule has 0 aliphatic heterocycles. The molecule has 4 aromatic rings. The van der Waals surface area contributed by atoms with Gasteiger partial charge in [-0.25, -0.2) is 0 Å². The van der Waals surface area contributed by atoms with Crippen LogP contribution in [0.2, 0.25) is 0 Å². The molecule has 4 N–H and O–H groups in total. The molecule has 12 nitrogen and oxygen atoms in total. The molecule has 67 heavy (non-hydrogen) atoms. The molecule has 0 saturated heterocycles. The molecule has 344 valence electrons. The van der Waals surface area contributed by atoms with Gasteiger partial charge in [0.1, 0.15) is 32.8 Å². The van der Waals surface area contributed by atoms with Crippen LogP contribution in [0, 0.1) is 23.7 Å². The van der Waals surface area contributed by atoms with Crippen molar-refractivity contribution in [3.05, 3.63) is 144 Å². The van der Waals surface area contributed by atoms with E-state index in [1.807, 2.05) is 72.8 Å². The quantitative estimate of drug-likeness (QED) is 0.0706. The number of benzene rings is 4. The summed E-state index contributed by atoms with van der Waals surface area (Å²) in [5, 5.41) is 6.23. The second kappa shape index (κ2) is 23.6. The maximum absolute atomic E-state index is 12.4. The normalized spacial score (nSPS) is 22.3. The van der Waals surface area contributed by atoms with E-state index in [-0.39, 0.29) is 66.1 Å². The molecule has 8 atom stereocenters. The Morgan fingerprint density at radius 1 is 0.388 bits per heavy atom. The molecule has 4 aliphatic rings. The van der Waals surface area contributed by atoms with Crippen LogP contribution in [0.25, 0.3) is 0 Å². The van der Waals surface area contributed by atoms with Crippen molar-refractivity contribution in [3.8, 4) is 0 Å². The van der Waals surface area contributed by atoms with Crippen molar-refractivity contribution in [2.24, 2.45) is 23.7 Å². The number of hydrazine groups is 4. The molecule has 0 aromatic heterocycles. The van der Waals surface area contributed by atoms with Gasteiger partial charge in [-0.05, 0) is 71.6 Å². The van der Waals surface area contributed by atoms with Gasteiger partial charge in [0.2, 0.25) is 23.6 Å². The molecule has 8 rings (SSSR count). The molecule has 17 heteroatoms. The molecule has 8 unspecified atom stereocenters. The van der Waals surface area contributed by atoms with Gasteiger partial charge in [0.25, 0.3) is 0 Å². The zero-order chi connectivity index (χ0) is 47.1. The number of nitrogens with one attached hydrogen (secondary N) is 4. The average Bonchev–Trinajstić information content (AvgIpc) is 4.11. The Bertz CT molecular complexity index is 2100. The summed E-state index contributed by atoms with van der Waals surface area (Å²) in [4.78, 5) is 52.2. The fraction of sp³-hybridized carbons (Fsp3) is 0.360. The van der Waals surface area contributed by atoms with Crippen molar-refractivity contribution in [1.29, 1.82) is 0 Å². The van der Waals surface area contributed by atoms with Gasteiger partial charge in [0, 0.05) is 51.9 Å². The first kappa shape index (κ1) is 51.7. The van der Waals surface area contributed by atoms with Crippen molar-refractivity contribution in [1.82, 2.24) is 41.7 Å². The molecule has 4 saturated carbocycles. The Morgan fingerprint density at radius 2 is 0.567 bits per heavy atom. The van der Waals surface area contributed by atoms with Gasteiger partial charge in [0.05, 0.1) is 0 Å². The minimum Gasteiger partial charge on any atom is -0.282 e. The Labute approximate surface area is 437 Å². The molecule has 4 amide bonds. The van der Waals surface area contributed by atoms with Crippen LogP contribution in [0.1, 0.15) is 84.5 Å². The van der Waals surface area contributed by atoms with Crippen LogP contribution in [0.5, 0.6) is 0 Å². The summed E-state index contributed by atoms with van der Waals surface area (Å²) in [6, 6.07) is 40.9. The van der Waals surface area contributed by atoms with Gasteiger partial charge in [0.15, 0.2) is 0 Å². The molecular weight excluding hydrogens is 928 g/mol. The van der Waals surface area contributed by atoms with E-state index in [0.717, 1.165) is 25.7 Å². The molecule has 4 fully saturated rings. The predicted molar refractivity (Wildman–Crippen MR) is 272 cm³/mol. The first-order valence-electron chi connectivity index (χ1n) is 22.2. The summed E-state index contributed by atoms with van der Waals surface area (Å²) < 4.78 is 0. The first-order valence-corrected chi connectivity index (χ1v) is 23.8. The number of amides is 4. The number of hydrogen-bond acceptors (Lipinski definition) is 8. The van der Waals surface area contributed by atoms with Gasteiger partial charge >= 0.3 is 29.6 Å². The average molecular weight is 984 g/mol. The fourth-order valence-electron chi connectivity index (χ4n) is 8.56. The van der Waals surface area contributed by atoms with Crippen LogP contribution in [-0.2, 0) is 19.2 Å². The van der Waals surface area contributed by atoms with E-state index < -0.39 is 23.6 Å². The third-order valence-corrected chi connectivity index (χ3v) is 14.8. The number of rotatable bonds is 12. The molecule has 0 radical (unpaired) electrons. The Hall–Kier alpha value is -4.68. The smallest absolute Gasteiger partial charge is 0.282 e. The number of thiocarbonyl (C=S) groups is 4. The molecule has 0 heterocycles. The Morgan fingerprint density at radius 3 is 0.746 bits per heavy atom. The number of carbonyl (C=O) groups is 4. The van der Waals surface area contributed by atoms with Gasteiger partial charge < -0.3 is 0 Å². The predicted octanol–water partition coefficient (Wildman–Crippen LogP) is 4.13. The second-order valence-electron chi connectivity index (χ2n) is 17.5. The van der Waals surface area contributed by atoms with Crippen molar-refractivity contribution in [2.45, 2.75) is 62.2 Å². The second-order valence-corrected chi connectivity index (χ2v) is 19.2. The molecule has 4 aromatic carbocycles. The Kier molecular flexibility index (Phi) is 18.2. The van der Waals surface area contributed by atoms with Crippen molar-refractivity contribution < 1.29 is 48.7 Å². The summed E-state index contributed by atoms with van der Waals surface area (Å²) >= 11 is 22.2. The number of nitrogens with zero attached hydrogens (tertiary/aromatic N) is 4. The third-order valence-electron chi connectivity index (χ3n) is 12.5. The van der Waals surface area contributed by atoms with E-state index in [0.29, 0.717) is 43.6 Å². The molecule has 4 aliphatic carbocycles. The molecular formula is C50H56N8NaO4S4+. The summed E-state index contributed by atoms with van der Waals surface area (Å²) in [5.74, 6) is 0.783. The SMILES string of the molecule is CN(NC(=O)CC(=O)NN(C)C(=S)C1CC1c1ccccc1)C(=S)C1CC1c1ccccc1.CN(NC(=O)CC(=O)NN(C)C(=S)C1CC1c1ccccc1)C(=S)C1CC1c1ccccc1.[Na+]. The maximum atomic E-state index is 12.4. The van der Waals surface area contributed by atoms with E-state index in [4.69, 9.17) is 48.9 Å². The van der Waals surface area contributed by atoms with E-state index >= 15 is 0 Å². The summed E-state index contributed by atoms with van der Waals surface area (Å²) in [7, 11) is 6.88. The summed E-state index contributed by atoms with van der Waals surface area (Å²) in [6.07, 6.45) is 3.26. The van der Waals surface area contributed by atoms with Crippen LogP contribution in [0.15, 0.2) is 121 Å². The largest absolute Gasteiger partial charge is 1.00 e. The van der Waals surface area contributed by atoms with Crippen LogP contribution in [-0.4, -0.2) is 91.8 Å². The van der Waals surface area contributed by atoms with Crippen LogP contribution < -0.4 is 51.3 Å². The van der Waals surface area contributed by atoms with Crippen molar-refractivity contribution in [2.75, 3.05) is 28.2 Å². The monoisotopic (exact) mass is 983 g/mol. The van der Waals surface area contributed by atoms with E-state index in [2.05, 4.69) is 70.2 Å². The molecule has 0 bridgehead atoms. The zero-order valence-electron chi connectivity index (χ0n) is 38.5. The van der Waals surface area contributed by atoms with E-state index in [1.54, 1.807) is 48.2 Å². The van der Waals surface area contributed by atoms with Gasteiger partial charge in [-0.15, -0.1) is 0 Å². The van der Waals surface area contributed by atoms with Crippen molar-refractivity contribution >= 4 is 92.5 Å². The number of carbonyl (C=O) groups excluding carboxylic acids is 4. The standard InChI is InChI=1S/2C25H28N4O2S2.Na/c2*1-28(24(32)20-13-18(20)16-9-5-3-6-10-16)26-22(30)15-23(31)27-29(2)25(33)21-14-19(21)17-11-7-4-8-12-17;/h2*3-12,18-21H,13-15H2,1-2H3,(H,26,30)(H,27,31);/q;;+1. The fourth-order valence-corrected chi connectivity index (χ4v) is 9.78. The van der Waals surface area contributed by atoms with Crippen molar-refractivity contribution in [3.63, 3.8) is 0 Å². The van der Waals surface area contributed by atoms with Crippen LogP contribution >= 0.6 is 48.9 Å². The topological polar surface area (TPSA) is 129 Å². The van der Waals surface area contributed by atoms with E-state index in [1.165, 1.54) is 22.3 Å². The third kappa shape index (κ3) is 14.2. The summed E-state index contributed by atoms with van der Waals surface area (Å²) in [5.41, 5.74) is 15.9. The van der Waals surface area contributed by atoms with Gasteiger partial charge in [-0.3, -0.25) is 60.9 Å². The first-order chi connectivity index (χ1) is 31.7. The van der Waals surface area contributed by atoms with Crippen LogP contribution in [0.3, 0.4) is 0 Å². The Balaban J connectivity index is 0.000000218. The molecule has 0 spiro atoms. The van der Waals surface area contributed by atoms with E-state index in [9.17, 15) is 19.2 Å². The van der Waals surface area contributed by atoms with Crippen LogP contribution in [0.4, 0.5) is 0 Å². The minimum absolute atomic E-state index is 0. The maximum Gasteiger partial charge on any atom is 1.00 e. The minimum atomic E-state index is -0.415. The summed E-state index contributed by atoms with van der Waals surface area (Å²) in [6.45, 7) is 0. The zero-order valence-corrected chi connectivity index (χ0v) is 43.7.